The van der Waals surface area contributed by atoms with Gasteiger partial charge >= 0.3 is 0 Å². The summed E-state index contributed by atoms with van der Waals surface area (Å²) in [6.07, 6.45) is 3.55. The molecule has 0 spiro atoms. The molecule has 122 valence electrons. The van der Waals surface area contributed by atoms with Crippen LogP contribution in [0.25, 0.3) is 11.4 Å². The maximum Gasteiger partial charge on any atom is 0.241 e. The van der Waals surface area contributed by atoms with Gasteiger partial charge in [0.25, 0.3) is 0 Å². The third-order valence-corrected chi connectivity index (χ3v) is 4.60. The van der Waals surface area contributed by atoms with Crippen molar-refractivity contribution in [1.29, 1.82) is 0 Å². The molecule has 1 N–H and O–H groups in total. The Hall–Kier alpha value is -0.950. The lowest BCUT2D eigenvalue weighted by molar-refractivity contribution is 0.137. The predicted molar refractivity (Wildman–Crippen MR) is 91.5 cm³/mol. The second kappa shape index (κ2) is 8.62. The van der Waals surface area contributed by atoms with Crippen molar-refractivity contribution in [2.45, 2.75) is 38.8 Å². The molecule has 2 aromatic heterocycles. The molecule has 0 saturated carbocycles. The number of nitrogens with one attached hydrogen (secondary N) is 1. The molecule has 3 heterocycles. The van der Waals surface area contributed by atoms with Gasteiger partial charge in [-0.1, -0.05) is 12.1 Å². The van der Waals surface area contributed by atoms with Gasteiger partial charge in [0.05, 0.1) is 6.54 Å². The van der Waals surface area contributed by atoms with Gasteiger partial charge in [-0.2, -0.15) is 16.3 Å². The molecule has 0 amide bonds. The van der Waals surface area contributed by atoms with Crippen LogP contribution >= 0.6 is 23.7 Å². The highest BCUT2D eigenvalue weighted by Gasteiger charge is 2.22. The summed E-state index contributed by atoms with van der Waals surface area (Å²) in [7, 11) is 0. The fourth-order valence-corrected chi connectivity index (χ4v) is 3.49. The van der Waals surface area contributed by atoms with E-state index in [9.17, 15) is 0 Å². The summed E-state index contributed by atoms with van der Waals surface area (Å²) in [5, 5.41) is 11.6. The van der Waals surface area contributed by atoms with E-state index < -0.39 is 0 Å². The molecule has 7 heteroatoms. The van der Waals surface area contributed by atoms with E-state index in [0.29, 0.717) is 11.9 Å². The minimum absolute atomic E-state index is 0. The molecular formula is C15H23ClN4OS. The minimum Gasteiger partial charge on any atom is -0.338 e. The van der Waals surface area contributed by atoms with E-state index in [-0.39, 0.29) is 12.4 Å². The van der Waals surface area contributed by atoms with Gasteiger partial charge in [0, 0.05) is 17.0 Å². The Labute approximate surface area is 141 Å². The van der Waals surface area contributed by atoms with E-state index in [0.717, 1.165) is 44.1 Å². The molecular weight excluding hydrogens is 320 g/mol. The number of aromatic nitrogens is 2. The first-order chi connectivity index (χ1) is 10.4. The Morgan fingerprint density at radius 1 is 1.41 bits per heavy atom. The average Bonchev–Trinajstić information content (AvgIpc) is 3.19. The van der Waals surface area contributed by atoms with Crippen molar-refractivity contribution in [2.75, 3.05) is 19.6 Å². The van der Waals surface area contributed by atoms with Gasteiger partial charge in [-0.3, -0.25) is 4.90 Å². The quantitative estimate of drug-likeness (QED) is 0.873. The van der Waals surface area contributed by atoms with Crippen molar-refractivity contribution >= 4 is 23.7 Å². The highest BCUT2D eigenvalue weighted by Crippen LogP contribution is 2.20. The maximum atomic E-state index is 5.44. The topological polar surface area (TPSA) is 54.2 Å². The molecule has 1 aliphatic heterocycles. The smallest absolute Gasteiger partial charge is 0.241 e. The summed E-state index contributed by atoms with van der Waals surface area (Å²) < 4.78 is 5.44. The zero-order chi connectivity index (χ0) is 14.5. The summed E-state index contributed by atoms with van der Waals surface area (Å²) >= 11 is 1.65. The first-order valence-corrected chi connectivity index (χ1v) is 8.61. The zero-order valence-electron chi connectivity index (χ0n) is 12.8. The Bertz CT molecular complexity index is 539. The Morgan fingerprint density at radius 3 is 2.91 bits per heavy atom. The highest BCUT2D eigenvalue weighted by molar-refractivity contribution is 7.08. The van der Waals surface area contributed by atoms with Gasteiger partial charge in [0.15, 0.2) is 0 Å². The summed E-state index contributed by atoms with van der Waals surface area (Å²) in [5.74, 6) is 1.43. The SMILES string of the molecule is CCCN(Cc1nc(-c2ccsc2)no1)C1CCNCC1.Cl. The average molecular weight is 343 g/mol. The molecule has 1 fully saturated rings. The van der Waals surface area contributed by atoms with Crippen molar-refractivity contribution < 1.29 is 4.52 Å². The normalized spacial score (nSPS) is 15.9. The van der Waals surface area contributed by atoms with E-state index in [2.05, 4.69) is 27.3 Å². The molecule has 0 aromatic carbocycles. The molecule has 0 aliphatic carbocycles. The molecule has 0 radical (unpaired) electrons. The van der Waals surface area contributed by atoms with E-state index in [1.54, 1.807) is 11.3 Å². The number of nitrogens with zero attached hydrogens (tertiary/aromatic N) is 3. The van der Waals surface area contributed by atoms with Crippen LogP contribution in [-0.2, 0) is 6.54 Å². The highest BCUT2D eigenvalue weighted by atomic mass is 35.5. The summed E-state index contributed by atoms with van der Waals surface area (Å²) in [6, 6.07) is 2.65. The van der Waals surface area contributed by atoms with Crippen LogP contribution in [0.3, 0.4) is 0 Å². The second-order valence-electron chi connectivity index (χ2n) is 5.48. The Balaban J connectivity index is 0.00000176. The third-order valence-electron chi connectivity index (χ3n) is 3.92. The van der Waals surface area contributed by atoms with E-state index >= 15 is 0 Å². The number of halogens is 1. The fraction of sp³-hybridized carbons (Fsp3) is 0.600. The van der Waals surface area contributed by atoms with E-state index in [1.165, 1.54) is 12.8 Å². The molecule has 22 heavy (non-hydrogen) atoms. The fourth-order valence-electron chi connectivity index (χ4n) is 2.85. The van der Waals surface area contributed by atoms with Crippen LogP contribution in [-0.4, -0.2) is 40.7 Å². The van der Waals surface area contributed by atoms with Crippen molar-refractivity contribution in [2.24, 2.45) is 0 Å². The predicted octanol–water partition coefficient (Wildman–Crippen LogP) is 3.18. The van der Waals surface area contributed by atoms with Crippen LogP contribution < -0.4 is 5.32 Å². The molecule has 5 nitrogen and oxygen atoms in total. The van der Waals surface area contributed by atoms with Gasteiger partial charge in [-0.05, 0) is 50.3 Å². The van der Waals surface area contributed by atoms with Crippen LogP contribution in [0.4, 0.5) is 0 Å². The Morgan fingerprint density at radius 2 is 2.23 bits per heavy atom. The summed E-state index contributed by atoms with van der Waals surface area (Å²) in [6.45, 7) is 6.28. The lowest BCUT2D eigenvalue weighted by atomic mass is 10.0. The van der Waals surface area contributed by atoms with Gasteiger partial charge < -0.3 is 9.84 Å². The van der Waals surface area contributed by atoms with Crippen LogP contribution in [0.5, 0.6) is 0 Å². The number of rotatable bonds is 6. The summed E-state index contributed by atoms with van der Waals surface area (Å²) in [5.41, 5.74) is 1.04. The molecule has 1 saturated heterocycles. The van der Waals surface area contributed by atoms with Crippen LogP contribution in [0.2, 0.25) is 0 Å². The van der Waals surface area contributed by atoms with Gasteiger partial charge in [-0.25, -0.2) is 0 Å². The zero-order valence-corrected chi connectivity index (χ0v) is 14.5. The molecule has 3 rings (SSSR count). The monoisotopic (exact) mass is 342 g/mol. The van der Waals surface area contributed by atoms with E-state index in [1.807, 2.05) is 16.8 Å². The molecule has 0 bridgehead atoms. The van der Waals surface area contributed by atoms with Gasteiger partial charge in [-0.15, -0.1) is 12.4 Å². The largest absolute Gasteiger partial charge is 0.338 e. The van der Waals surface area contributed by atoms with Gasteiger partial charge in [0.1, 0.15) is 0 Å². The number of hydrogen-bond acceptors (Lipinski definition) is 6. The Kier molecular flexibility index (Phi) is 6.82. The number of hydrogen-bond donors (Lipinski definition) is 1. The van der Waals surface area contributed by atoms with Crippen LogP contribution in [0.15, 0.2) is 21.3 Å². The van der Waals surface area contributed by atoms with Crippen molar-refractivity contribution in [3.8, 4) is 11.4 Å². The first-order valence-electron chi connectivity index (χ1n) is 7.66. The lowest BCUT2D eigenvalue weighted by Crippen LogP contribution is -2.43. The molecule has 0 atom stereocenters. The standard InChI is InChI=1S/C15H22N4OS.ClH/c1-2-8-19(13-3-6-16-7-4-13)10-14-17-15(18-20-14)12-5-9-21-11-12;/h5,9,11,13,16H,2-4,6-8,10H2,1H3;1H. The maximum absolute atomic E-state index is 5.44. The second-order valence-corrected chi connectivity index (χ2v) is 6.26. The molecule has 2 aromatic rings. The van der Waals surface area contributed by atoms with Crippen molar-refractivity contribution in [3.05, 3.63) is 22.7 Å². The molecule has 0 unspecified atom stereocenters. The van der Waals surface area contributed by atoms with E-state index in [4.69, 9.17) is 4.52 Å². The minimum atomic E-state index is 0. The van der Waals surface area contributed by atoms with Crippen molar-refractivity contribution in [3.63, 3.8) is 0 Å². The first kappa shape index (κ1) is 17.4. The third kappa shape index (κ3) is 4.29. The number of thiophene rings is 1. The van der Waals surface area contributed by atoms with Gasteiger partial charge in [0.2, 0.25) is 11.7 Å². The lowest BCUT2D eigenvalue weighted by Gasteiger charge is -2.33. The molecule has 1 aliphatic rings. The number of piperidine rings is 1. The van der Waals surface area contributed by atoms with Crippen LogP contribution in [0, 0.1) is 0 Å². The van der Waals surface area contributed by atoms with Crippen molar-refractivity contribution in [1.82, 2.24) is 20.4 Å². The van der Waals surface area contributed by atoms with Crippen LogP contribution in [0.1, 0.15) is 32.1 Å². The summed E-state index contributed by atoms with van der Waals surface area (Å²) in [4.78, 5) is 7.03.